The monoisotopic (exact) mass is 613 g/mol. The maximum atomic E-state index is 14.5. The third-order valence-electron chi connectivity index (χ3n) is 7.54. The average molecular weight is 614 g/mol. The molecule has 1 N–H and O–H groups in total. The van der Waals surface area contributed by atoms with Gasteiger partial charge in [-0.15, -0.1) is 0 Å². The number of hydrogen-bond donors (Lipinski definition) is 1. The van der Waals surface area contributed by atoms with E-state index >= 15 is 0 Å². The Balaban J connectivity index is 1.60. The smallest absolute Gasteiger partial charge is 0.243 e. The van der Waals surface area contributed by atoms with E-state index in [-0.39, 0.29) is 49.5 Å². The van der Waals surface area contributed by atoms with Crippen molar-refractivity contribution >= 4 is 39.1 Å². The van der Waals surface area contributed by atoms with Gasteiger partial charge in [0.05, 0.1) is 11.9 Å². The van der Waals surface area contributed by atoms with E-state index in [1.807, 2.05) is 42.5 Å². The number of anilines is 1. The molecule has 3 aromatic rings. The van der Waals surface area contributed by atoms with Gasteiger partial charge in [0.1, 0.15) is 11.9 Å². The standard InChI is InChI=1S/C32H37ClFN3O4S/c1-42(40,41)37(29-19-10-9-18-28(29)34)21-11-20-31(38)36(23-25-14-5-8-17-27(25)33)30(22-24-12-3-2-4-13-24)32(39)35-26-15-6-7-16-26/h2-5,8-10,12-14,17-19,26,30H,6-7,11,15-16,20-23H2,1H3,(H,35,39)/t30-/m1/s1. The first-order chi connectivity index (χ1) is 20.1. The highest BCUT2D eigenvalue weighted by Gasteiger charge is 2.32. The number of halogens is 2. The van der Waals surface area contributed by atoms with Crippen LogP contribution in [0.25, 0.3) is 0 Å². The summed E-state index contributed by atoms with van der Waals surface area (Å²) in [5, 5.41) is 3.64. The number of hydrogen-bond acceptors (Lipinski definition) is 4. The van der Waals surface area contributed by atoms with Crippen LogP contribution in [0.2, 0.25) is 5.02 Å². The van der Waals surface area contributed by atoms with E-state index in [1.165, 1.54) is 18.2 Å². The summed E-state index contributed by atoms with van der Waals surface area (Å²) >= 11 is 6.49. The third kappa shape index (κ3) is 8.55. The summed E-state index contributed by atoms with van der Waals surface area (Å²) < 4.78 is 40.5. The van der Waals surface area contributed by atoms with Gasteiger partial charge in [0.25, 0.3) is 0 Å². The molecule has 0 heterocycles. The molecule has 3 aromatic carbocycles. The SMILES string of the molecule is CS(=O)(=O)N(CCCC(=O)N(Cc1ccccc1Cl)[C@H](Cc1ccccc1)C(=O)NC1CCCC1)c1ccccc1F. The van der Waals surface area contributed by atoms with Gasteiger partial charge in [-0.25, -0.2) is 12.8 Å². The van der Waals surface area contributed by atoms with Crippen molar-refractivity contribution in [2.45, 2.75) is 63.6 Å². The molecule has 0 bridgehead atoms. The fourth-order valence-corrected chi connectivity index (χ4v) is 6.53. The lowest BCUT2D eigenvalue weighted by molar-refractivity contribution is -0.141. The fraction of sp³-hybridized carbons (Fsp3) is 0.375. The summed E-state index contributed by atoms with van der Waals surface area (Å²) in [5.41, 5.74) is 1.53. The Morgan fingerprint density at radius 3 is 2.29 bits per heavy atom. The minimum absolute atomic E-state index is 0.0487. The molecule has 1 atom stereocenters. The van der Waals surface area contributed by atoms with E-state index in [0.717, 1.165) is 41.8 Å². The van der Waals surface area contributed by atoms with Crippen LogP contribution in [-0.2, 0) is 32.6 Å². The lowest BCUT2D eigenvalue weighted by Gasteiger charge is -2.33. The van der Waals surface area contributed by atoms with E-state index in [1.54, 1.807) is 23.1 Å². The Kier molecular flexibility index (Phi) is 11.0. The van der Waals surface area contributed by atoms with Crippen LogP contribution in [0.15, 0.2) is 78.9 Å². The Labute approximate surface area is 252 Å². The zero-order chi connectivity index (χ0) is 30.1. The van der Waals surface area contributed by atoms with Crippen molar-refractivity contribution < 1.29 is 22.4 Å². The summed E-state index contributed by atoms with van der Waals surface area (Å²) in [6.45, 7) is 0.0141. The van der Waals surface area contributed by atoms with Gasteiger partial charge in [-0.2, -0.15) is 0 Å². The number of carbonyl (C=O) groups excluding carboxylic acids is 2. The molecule has 0 aromatic heterocycles. The van der Waals surface area contributed by atoms with Gasteiger partial charge in [0, 0.05) is 37.0 Å². The Morgan fingerprint density at radius 2 is 1.62 bits per heavy atom. The van der Waals surface area contributed by atoms with E-state index in [0.29, 0.717) is 17.0 Å². The van der Waals surface area contributed by atoms with Crippen LogP contribution in [0.1, 0.15) is 49.7 Å². The first kappa shape index (κ1) is 31.5. The molecule has 42 heavy (non-hydrogen) atoms. The first-order valence-electron chi connectivity index (χ1n) is 14.2. The van der Waals surface area contributed by atoms with Crippen LogP contribution < -0.4 is 9.62 Å². The highest BCUT2D eigenvalue weighted by atomic mass is 35.5. The van der Waals surface area contributed by atoms with E-state index in [2.05, 4.69) is 5.32 Å². The van der Waals surface area contributed by atoms with E-state index < -0.39 is 21.9 Å². The van der Waals surface area contributed by atoms with Crippen LogP contribution in [0.4, 0.5) is 10.1 Å². The second kappa shape index (κ2) is 14.6. The number of nitrogens with one attached hydrogen (secondary N) is 1. The van der Waals surface area contributed by atoms with Crippen molar-refractivity contribution in [2.24, 2.45) is 0 Å². The largest absolute Gasteiger partial charge is 0.352 e. The van der Waals surface area contributed by atoms with Gasteiger partial charge < -0.3 is 10.2 Å². The highest BCUT2D eigenvalue weighted by molar-refractivity contribution is 7.92. The van der Waals surface area contributed by atoms with Crippen LogP contribution >= 0.6 is 11.6 Å². The zero-order valence-electron chi connectivity index (χ0n) is 23.7. The van der Waals surface area contributed by atoms with Crippen LogP contribution in [0.5, 0.6) is 0 Å². The van der Waals surface area contributed by atoms with Crippen molar-refractivity contribution in [1.82, 2.24) is 10.2 Å². The number of benzene rings is 3. The van der Waals surface area contributed by atoms with Crippen molar-refractivity contribution in [2.75, 3.05) is 17.1 Å². The molecule has 1 saturated carbocycles. The molecule has 10 heteroatoms. The second-order valence-corrected chi connectivity index (χ2v) is 13.0. The molecule has 0 aliphatic heterocycles. The number of amides is 2. The summed E-state index contributed by atoms with van der Waals surface area (Å²) in [7, 11) is -3.81. The van der Waals surface area contributed by atoms with Gasteiger partial charge in [-0.05, 0) is 48.6 Å². The van der Waals surface area contributed by atoms with Gasteiger partial charge in [-0.1, -0.05) is 85.1 Å². The number of nitrogens with zero attached hydrogens (tertiary/aromatic N) is 2. The lowest BCUT2D eigenvalue weighted by Crippen LogP contribution is -2.52. The molecule has 0 radical (unpaired) electrons. The van der Waals surface area contributed by atoms with Crippen LogP contribution in [-0.4, -0.2) is 50.0 Å². The molecule has 1 aliphatic carbocycles. The minimum Gasteiger partial charge on any atom is -0.352 e. The number of sulfonamides is 1. The molecule has 0 unspecified atom stereocenters. The molecular weight excluding hydrogens is 577 g/mol. The fourth-order valence-electron chi connectivity index (χ4n) is 5.37. The van der Waals surface area contributed by atoms with Gasteiger partial charge in [0.2, 0.25) is 21.8 Å². The van der Waals surface area contributed by atoms with Crippen LogP contribution in [0, 0.1) is 5.82 Å². The molecule has 0 spiro atoms. The molecule has 1 fully saturated rings. The predicted molar refractivity (Wildman–Crippen MR) is 164 cm³/mol. The van der Waals surface area contributed by atoms with Gasteiger partial charge in [-0.3, -0.25) is 13.9 Å². The normalized spacial score (nSPS) is 14.4. The molecule has 4 rings (SSSR count). The van der Waals surface area contributed by atoms with Crippen molar-refractivity contribution in [3.63, 3.8) is 0 Å². The van der Waals surface area contributed by atoms with Gasteiger partial charge >= 0.3 is 0 Å². The summed E-state index contributed by atoms with van der Waals surface area (Å²) in [5.74, 6) is -1.21. The molecular formula is C32H37ClFN3O4S. The van der Waals surface area contributed by atoms with Crippen molar-refractivity contribution in [3.8, 4) is 0 Å². The number of para-hydroxylation sites is 1. The molecule has 7 nitrogen and oxygen atoms in total. The Hall–Kier alpha value is -3.43. The summed E-state index contributed by atoms with van der Waals surface area (Å²) in [6, 6.07) is 21.6. The topological polar surface area (TPSA) is 86.8 Å². The minimum atomic E-state index is -3.81. The quantitative estimate of drug-likeness (QED) is 0.267. The third-order valence-corrected chi connectivity index (χ3v) is 9.09. The molecule has 1 aliphatic rings. The van der Waals surface area contributed by atoms with E-state index in [9.17, 15) is 22.4 Å². The first-order valence-corrected chi connectivity index (χ1v) is 16.5. The highest BCUT2D eigenvalue weighted by Crippen LogP contribution is 2.25. The maximum Gasteiger partial charge on any atom is 0.243 e. The lowest BCUT2D eigenvalue weighted by atomic mass is 10.0. The van der Waals surface area contributed by atoms with Crippen molar-refractivity contribution in [3.05, 3.63) is 101 Å². The van der Waals surface area contributed by atoms with E-state index in [4.69, 9.17) is 11.6 Å². The second-order valence-electron chi connectivity index (χ2n) is 10.7. The Bertz CT molecular complexity index is 1470. The summed E-state index contributed by atoms with van der Waals surface area (Å²) in [4.78, 5) is 29.3. The average Bonchev–Trinajstić information content (AvgIpc) is 3.47. The number of rotatable bonds is 13. The Morgan fingerprint density at radius 1 is 0.976 bits per heavy atom. The maximum absolute atomic E-state index is 14.5. The number of carbonyl (C=O) groups is 2. The molecule has 2 amide bonds. The zero-order valence-corrected chi connectivity index (χ0v) is 25.3. The summed E-state index contributed by atoms with van der Waals surface area (Å²) in [6.07, 6.45) is 5.30. The van der Waals surface area contributed by atoms with Crippen molar-refractivity contribution in [1.29, 1.82) is 0 Å². The van der Waals surface area contributed by atoms with Gasteiger partial charge in [0.15, 0.2) is 0 Å². The van der Waals surface area contributed by atoms with Crippen LogP contribution in [0.3, 0.4) is 0 Å². The molecule has 0 saturated heterocycles. The predicted octanol–water partition coefficient (Wildman–Crippen LogP) is 5.72. The molecule has 224 valence electrons.